The van der Waals surface area contributed by atoms with Crippen molar-refractivity contribution in [3.05, 3.63) is 10.7 Å². The molecule has 0 aliphatic carbocycles. The second-order valence-electron chi connectivity index (χ2n) is 2.44. The van der Waals surface area contributed by atoms with Gasteiger partial charge in [0.15, 0.2) is 15.7 Å². The first-order valence-corrected chi connectivity index (χ1v) is 5.52. The fourth-order valence-corrected chi connectivity index (χ4v) is 1.26. The molecule has 1 atom stereocenters. The first kappa shape index (κ1) is 9.40. The molecule has 1 N–H and O–H groups in total. The van der Waals surface area contributed by atoms with E-state index in [1.165, 1.54) is 6.92 Å². The molecule has 0 aliphatic heterocycles. The number of rotatable bonds is 2. The summed E-state index contributed by atoms with van der Waals surface area (Å²) in [5.74, 6) is 0.238. The van der Waals surface area contributed by atoms with Crippen molar-refractivity contribution < 1.29 is 12.9 Å². The fourth-order valence-electron chi connectivity index (χ4n) is 0.617. The molecule has 0 spiro atoms. The lowest BCUT2D eigenvalue weighted by atomic mass is 10.5. The number of nitrogens with one attached hydrogen (secondary N) is 1. The zero-order chi connectivity index (χ0) is 9.35. The maximum absolute atomic E-state index is 11.0. The standard InChI is InChI=1S/C5H8N2O3S2/c1-3(12(2,8)9)4-6-5(11)10-7-4/h3H,1-2H3,(H,6,7,11). The van der Waals surface area contributed by atoms with Crippen molar-refractivity contribution in [2.75, 3.05) is 6.26 Å². The maximum Gasteiger partial charge on any atom is 0.314 e. The van der Waals surface area contributed by atoms with Crippen LogP contribution in [0.1, 0.15) is 18.0 Å². The second kappa shape index (κ2) is 2.98. The molecule has 12 heavy (non-hydrogen) atoms. The molecule has 0 amide bonds. The predicted molar refractivity (Wildman–Crippen MR) is 44.9 cm³/mol. The minimum absolute atomic E-state index is 0.0144. The summed E-state index contributed by atoms with van der Waals surface area (Å²) in [6, 6.07) is 0. The van der Waals surface area contributed by atoms with E-state index in [2.05, 4.69) is 26.9 Å². The largest absolute Gasteiger partial charge is 0.348 e. The predicted octanol–water partition coefficient (Wildman–Crippen LogP) is 0.838. The summed E-state index contributed by atoms with van der Waals surface area (Å²) in [5.41, 5.74) is 0. The maximum atomic E-state index is 11.0. The number of hydrogen-bond acceptors (Lipinski definition) is 5. The highest BCUT2D eigenvalue weighted by Gasteiger charge is 2.20. The normalized spacial score (nSPS) is 14.5. The van der Waals surface area contributed by atoms with Crippen LogP contribution >= 0.6 is 12.2 Å². The van der Waals surface area contributed by atoms with Crippen molar-refractivity contribution in [1.29, 1.82) is 0 Å². The Kier molecular flexibility index (Phi) is 2.34. The first-order valence-electron chi connectivity index (χ1n) is 3.15. The van der Waals surface area contributed by atoms with Gasteiger partial charge in [0, 0.05) is 6.26 Å². The summed E-state index contributed by atoms with van der Waals surface area (Å²) in [6.07, 6.45) is 1.13. The lowest BCUT2D eigenvalue weighted by Crippen LogP contribution is -2.08. The van der Waals surface area contributed by atoms with Gasteiger partial charge < -0.3 is 4.52 Å². The van der Waals surface area contributed by atoms with E-state index in [0.29, 0.717) is 0 Å². The van der Waals surface area contributed by atoms with E-state index in [1.807, 2.05) is 0 Å². The number of aromatic amines is 1. The van der Waals surface area contributed by atoms with Crippen LogP contribution < -0.4 is 0 Å². The topological polar surface area (TPSA) is 76.0 Å². The van der Waals surface area contributed by atoms with Crippen LogP contribution in [0.3, 0.4) is 0 Å². The van der Waals surface area contributed by atoms with Crippen LogP contribution in [-0.2, 0) is 9.84 Å². The van der Waals surface area contributed by atoms with Crippen LogP contribution in [0.25, 0.3) is 0 Å². The van der Waals surface area contributed by atoms with Gasteiger partial charge in [-0.1, -0.05) is 0 Å². The number of sulfone groups is 1. The van der Waals surface area contributed by atoms with Gasteiger partial charge in [-0.2, -0.15) is 4.98 Å². The molecule has 1 unspecified atom stereocenters. The summed E-state index contributed by atoms with van der Waals surface area (Å²) in [5, 5.41) is 1.63. The monoisotopic (exact) mass is 208 g/mol. The third kappa shape index (κ3) is 1.92. The summed E-state index contributed by atoms with van der Waals surface area (Å²) in [6.45, 7) is 1.51. The van der Waals surface area contributed by atoms with Crippen molar-refractivity contribution in [1.82, 2.24) is 10.1 Å². The molecule has 7 heteroatoms. The van der Waals surface area contributed by atoms with Gasteiger partial charge in [-0.05, 0) is 19.1 Å². The van der Waals surface area contributed by atoms with Gasteiger partial charge in [-0.3, -0.25) is 0 Å². The van der Waals surface area contributed by atoms with E-state index in [1.54, 1.807) is 0 Å². The van der Waals surface area contributed by atoms with Crippen LogP contribution in [-0.4, -0.2) is 24.8 Å². The molecule has 1 rings (SSSR count). The van der Waals surface area contributed by atoms with Gasteiger partial charge >= 0.3 is 4.84 Å². The Labute approximate surface area is 74.7 Å². The van der Waals surface area contributed by atoms with Gasteiger partial charge in [0.25, 0.3) is 0 Å². The molecule has 0 fully saturated rings. The van der Waals surface area contributed by atoms with Gasteiger partial charge in [0.1, 0.15) is 5.25 Å². The number of H-pyrrole nitrogens is 1. The minimum atomic E-state index is -3.14. The molecule has 0 saturated heterocycles. The molecule has 1 aromatic rings. The summed E-state index contributed by atoms with van der Waals surface area (Å²) in [7, 11) is -3.14. The quantitative estimate of drug-likeness (QED) is 0.729. The summed E-state index contributed by atoms with van der Waals surface area (Å²) < 4.78 is 26.6. The summed E-state index contributed by atoms with van der Waals surface area (Å²) >= 11 is 4.57. The SMILES string of the molecule is CC(c1nc(=S)o[nH]1)S(C)(=O)=O. The Hall–Kier alpha value is -0.690. The zero-order valence-corrected chi connectivity index (χ0v) is 8.20. The number of nitrogens with zero attached hydrogens (tertiary/aromatic N) is 1. The first-order chi connectivity index (χ1) is 5.41. The van der Waals surface area contributed by atoms with Gasteiger partial charge in [0.2, 0.25) is 0 Å². The lowest BCUT2D eigenvalue weighted by molar-refractivity contribution is 0.398. The third-order valence-corrected chi connectivity index (χ3v) is 3.16. The van der Waals surface area contributed by atoms with Crippen molar-refractivity contribution in [2.45, 2.75) is 12.2 Å². The van der Waals surface area contributed by atoms with Crippen LogP contribution in [0, 0.1) is 4.84 Å². The van der Waals surface area contributed by atoms with Crippen LogP contribution in [0.2, 0.25) is 0 Å². The fraction of sp³-hybridized carbons (Fsp3) is 0.600. The molecule has 68 valence electrons. The molecular formula is C5H8N2O3S2. The van der Waals surface area contributed by atoms with E-state index < -0.39 is 15.1 Å². The smallest absolute Gasteiger partial charge is 0.314 e. The number of hydrogen-bond donors (Lipinski definition) is 1. The zero-order valence-electron chi connectivity index (χ0n) is 6.57. The highest BCUT2D eigenvalue weighted by atomic mass is 32.2. The molecule has 0 aliphatic rings. The highest BCUT2D eigenvalue weighted by molar-refractivity contribution is 7.90. The van der Waals surface area contributed by atoms with Crippen molar-refractivity contribution in [3.8, 4) is 0 Å². The van der Waals surface area contributed by atoms with E-state index in [-0.39, 0.29) is 10.7 Å². The van der Waals surface area contributed by atoms with Crippen LogP contribution in [0.15, 0.2) is 4.52 Å². The van der Waals surface area contributed by atoms with Crippen molar-refractivity contribution >= 4 is 22.1 Å². The van der Waals surface area contributed by atoms with E-state index in [9.17, 15) is 8.42 Å². The Balaban J connectivity index is 3.09. The van der Waals surface area contributed by atoms with E-state index in [0.717, 1.165) is 6.26 Å². The van der Waals surface area contributed by atoms with Gasteiger partial charge in [-0.25, -0.2) is 13.6 Å². The van der Waals surface area contributed by atoms with Crippen LogP contribution in [0.5, 0.6) is 0 Å². The highest BCUT2D eigenvalue weighted by Crippen LogP contribution is 2.16. The van der Waals surface area contributed by atoms with Crippen molar-refractivity contribution in [3.63, 3.8) is 0 Å². The molecule has 1 aromatic heterocycles. The summed E-state index contributed by atoms with van der Waals surface area (Å²) in [4.78, 5) is 3.70. The molecule has 0 radical (unpaired) electrons. The molecule has 1 heterocycles. The molecular weight excluding hydrogens is 200 g/mol. The lowest BCUT2D eigenvalue weighted by Gasteiger charge is -2.02. The van der Waals surface area contributed by atoms with Gasteiger partial charge in [-0.15, -0.1) is 0 Å². The molecule has 0 bridgehead atoms. The molecule has 5 nitrogen and oxygen atoms in total. The van der Waals surface area contributed by atoms with Crippen LogP contribution in [0.4, 0.5) is 0 Å². The third-order valence-electron chi connectivity index (χ3n) is 1.48. The Morgan fingerprint density at radius 2 is 2.25 bits per heavy atom. The Morgan fingerprint density at radius 3 is 2.58 bits per heavy atom. The second-order valence-corrected chi connectivity index (χ2v) is 5.15. The van der Waals surface area contributed by atoms with Gasteiger partial charge in [0.05, 0.1) is 0 Å². The average Bonchev–Trinajstić information content (AvgIpc) is 2.32. The molecule has 0 saturated carbocycles. The average molecular weight is 208 g/mol. The minimum Gasteiger partial charge on any atom is -0.348 e. The Morgan fingerprint density at radius 1 is 1.67 bits per heavy atom. The van der Waals surface area contributed by atoms with E-state index >= 15 is 0 Å². The Bertz CT molecular complexity index is 416. The van der Waals surface area contributed by atoms with Crippen molar-refractivity contribution in [2.24, 2.45) is 0 Å². The molecule has 0 aromatic carbocycles. The van der Waals surface area contributed by atoms with E-state index in [4.69, 9.17) is 0 Å². The number of aromatic nitrogens is 2.